The third kappa shape index (κ3) is 9.29. The van der Waals surface area contributed by atoms with Gasteiger partial charge in [0.1, 0.15) is 38.1 Å². The predicted octanol–water partition coefficient (Wildman–Crippen LogP) is -1.22. The molecule has 3 atom stereocenters. The number of ether oxygens (including phenoxy) is 6. The van der Waals surface area contributed by atoms with E-state index in [-0.39, 0.29) is 51.0 Å². The summed E-state index contributed by atoms with van der Waals surface area (Å²) >= 11 is 0. The van der Waals surface area contributed by atoms with E-state index in [0.717, 1.165) is 0 Å². The fourth-order valence-corrected chi connectivity index (χ4v) is 2.42. The summed E-state index contributed by atoms with van der Waals surface area (Å²) in [4.78, 5) is 73.3. The molecule has 0 radical (unpaired) electrons. The van der Waals surface area contributed by atoms with Crippen molar-refractivity contribution in [3.8, 4) is 0 Å². The number of carbonyl (C=O) groups is 6. The molecule has 3 heterocycles. The van der Waals surface area contributed by atoms with Gasteiger partial charge in [-0.3, -0.25) is 19.3 Å². The van der Waals surface area contributed by atoms with Gasteiger partial charge in [0, 0.05) is 13.1 Å². The van der Waals surface area contributed by atoms with Crippen molar-refractivity contribution in [3.05, 3.63) is 0 Å². The lowest BCUT2D eigenvalue weighted by atomic mass is 10.3. The van der Waals surface area contributed by atoms with Gasteiger partial charge in [0.25, 0.3) is 0 Å². The highest BCUT2D eigenvalue weighted by atomic mass is 16.6. The molecular formula is C19H25N3O12. The monoisotopic (exact) mass is 487 g/mol. The third-order valence-corrected chi connectivity index (χ3v) is 4.62. The molecule has 0 aliphatic carbocycles. The molecule has 188 valence electrons. The van der Waals surface area contributed by atoms with Gasteiger partial charge in [-0.25, -0.2) is 24.6 Å². The van der Waals surface area contributed by atoms with Gasteiger partial charge < -0.3 is 28.4 Å². The van der Waals surface area contributed by atoms with E-state index in [9.17, 15) is 28.8 Å². The number of imide groups is 3. The molecule has 34 heavy (non-hydrogen) atoms. The highest BCUT2D eigenvalue weighted by Gasteiger charge is 2.31. The molecule has 0 spiro atoms. The van der Waals surface area contributed by atoms with Crippen molar-refractivity contribution in [2.75, 3.05) is 52.7 Å². The first kappa shape index (κ1) is 25.3. The number of urea groups is 2. The molecule has 0 saturated carbocycles. The summed E-state index contributed by atoms with van der Waals surface area (Å²) < 4.78 is 29.4. The fourth-order valence-electron chi connectivity index (χ4n) is 2.42. The van der Waals surface area contributed by atoms with Crippen molar-refractivity contribution in [1.29, 1.82) is 0 Å². The summed E-state index contributed by atoms with van der Waals surface area (Å²) in [5.74, 6) is -1.40. The maximum Gasteiger partial charge on any atom is 0.415 e. The highest BCUT2D eigenvalue weighted by Crippen LogP contribution is 2.11. The summed E-state index contributed by atoms with van der Waals surface area (Å²) in [7, 11) is 0. The zero-order chi connectivity index (χ0) is 24.5. The fraction of sp³-hybridized carbons (Fsp3) is 0.684. The van der Waals surface area contributed by atoms with Gasteiger partial charge in [0.15, 0.2) is 0 Å². The lowest BCUT2D eigenvalue weighted by Crippen LogP contribution is -2.52. The molecule has 15 nitrogen and oxygen atoms in total. The Morgan fingerprint density at radius 1 is 0.794 bits per heavy atom. The molecule has 3 aliphatic heterocycles. The summed E-state index contributed by atoms with van der Waals surface area (Å²) in [5.41, 5.74) is 0. The van der Waals surface area contributed by atoms with Crippen molar-refractivity contribution >= 4 is 36.5 Å². The Hall–Kier alpha value is -3.30. The zero-order valence-electron chi connectivity index (χ0n) is 18.2. The van der Waals surface area contributed by atoms with Crippen LogP contribution in [0.2, 0.25) is 0 Å². The molecule has 0 bridgehead atoms. The average molecular weight is 487 g/mol. The van der Waals surface area contributed by atoms with Crippen LogP contribution in [0.1, 0.15) is 12.8 Å². The van der Waals surface area contributed by atoms with Gasteiger partial charge in [0.2, 0.25) is 6.41 Å². The second kappa shape index (κ2) is 12.2. The lowest BCUT2D eigenvalue weighted by Gasteiger charge is -2.25. The van der Waals surface area contributed by atoms with Crippen molar-refractivity contribution in [3.63, 3.8) is 0 Å². The second-order valence-electron chi connectivity index (χ2n) is 7.49. The van der Waals surface area contributed by atoms with Crippen LogP contribution >= 0.6 is 0 Å². The molecule has 6 amide bonds. The van der Waals surface area contributed by atoms with Crippen LogP contribution in [0.5, 0.6) is 0 Å². The first-order valence-corrected chi connectivity index (χ1v) is 10.5. The van der Waals surface area contributed by atoms with E-state index in [1.165, 1.54) is 0 Å². The Kier molecular flexibility index (Phi) is 9.12. The molecule has 1 N–H and O–H groups in total. The first-order valence-electron chi connectivity index (χ1n) is 10.5. The molecule has 3 rings (SSSR count). The van der Waals surface area contributed by atoms with E-state index < -0.39 is 49.6 Å². The molecule has 3 unspecified atom stereocenters. The Labute approximate surface area is 193 Å². The van der Waals surface area contributed by atoms with Gasteiger partial charge in [-0.05, 0) is 0 Å². The molecule has 3 fully saturated rings. The molecule has 3 saturated heterocycles. The van der Waals surface area contributed by atoms with Gasteiger partial charge in [-0.2, -0.15) is 0 Å². The van der Waals surface area contributed by atoms with Crippen LogP contribution in [0.4, 0.5) is 14.4 Å². The van der Waals surface area contributed by atoms with Crippen LogP contribution < -0.4 is 5.32 Å². The SMILES string of the molecule is O=CN(CCC(=O)OCC1CO1)C(=O)N(CCC(=O)OCC1CO1)C(=O)NC(=O)OCC1CO1. The number of amides is 6. The average Bonchev–Trinajstić information content (AvgIpc) is 3.66. The summed E-state index contributed by atoms with van der Waals surface area (Å²) in [6.45, 7) is 0.473. The van der Waals surface area contributed by atoms with E-state index in [1.54, 1.807) is 0 Å². The van der Waals surface area contributed by atoms with E-state index in [4.69, 9.17) is 28.4 Å². The molecule has 15 heteroatoms. The zero-order valence-corrected chi connectivity index (χ0v) is 18.2. The summed E-state index contributed by atoms with van der Waals surface area (Å²) in [5, 5.41) is 1.84. The van der Waals surface area contributed by atoms with Crippen molar-refractivity contribution in [2.24, 2.45) is 0 Å². The third-order valence-electron chi connectivity index (χ3n) is 4.62. The van der Waals surface area contributed by atoms with Crippen molar-refractivity contribution < 1.29 is 57.2 Å². The molecule has 0 aromatic heterocycles. The number of rotatable bonds is 13. The number of esters is 2. The largest absolute Gasteiger partial charge is 0.463 e. The molecule has 0 aromatic carbocycles. The van der Waals surface area contributed by atoms with Crippen LogP contribution in [0.3, 0.4) is 0 Å². The summed E-state index contributed by atoms with van der Waals surface area (Å²) in [6.07, 6.45) is -2.34. The van der Waals surface area contributed by atoms with Crippen molar-refractivity contribution in [1.82, 2.24) is 15.1 Å². The lowest BCUT2D eigenvalue weighted by molar-refractivity contribution is -0.145. The molecule has 0 aromatic rings. The van der Waals surface area contributed by atoms with Crippen LogP contribution in [-0.4, -0.2) is 117 Å². The molecular weight excluding hydrogens is 462 g/mol. The normalized spacial score (nSPS) is 21.5. The topological polar surface area (TPSA) is 186 Å². The van der Waals surface area contributed by atoms with Crippen LogP contribution in [0.15, 0.2) is 0 Å². The van der Waals surface area contributed by atoms with Crippen LogP contribution in [0, 0.1) is 0 Å². The minimum Gasteiger partial charge on any atom is -0.463 e. The Balaban J connectivity index is 1.52. The van der Waals surface area contributed by atoms with Gasteiger partial charge in [-0.15, -0.1) is 0 Å². The number of nitrogens with one attached hydrogen (secondary N) is 1. The van der Waals surface area contributed by atoms with Crippen molar-refractivity contribution in [2.45, 2.75) is 31.2 Å². The number of epoxide rings is 3. The standard InChI is InChI=1S/C19H25N3O12/c23-11-21(3-1-15(24)32-8-12-5-29-12)19(28)22(4-2-16(25)33-9-13-6-30-13)17(26)20-18(27)34-10-14-7-31-14/h11-14H,1-10H2,(H,20,26,27). The number of carbonyl (C=O) groups excluding carboxylic acids is 6. The van der Waals surface area contributed by atoms with Gasteiger partial charge in [0.05, 0.1) is 32.7 Å². The Bertz CT molecular complexity index is 793. The highest BCUT2D eigenvalue weighted by molar-refractivity contribution is 6.02. The number of hydrogen-bond acceptors (Lipinski definition) is 12. The first-order chi connectivity index (χ1) is 16.4. The van der Waals surface area contributed by atoms with E-state index in [1.807, 2.05) is 5.32 Å². The Morgan fingerprint density at radius 3 is 1.74 bits per heavy atom. The predicted molar refractivity (Wildman–Crippen MR) is 105 cm³/mol. The smallest absolute Gasteiger partial charge is 0.415 e. The van der Waals surface area contributed by atoms with Gasteiger partial charge in [-0.1, -0.05) is 0 Å². The van der Waals surface area contributed by atoms with E-state index >= 15 is 0 Å². The minimum absolute atomic E-state index is 0.0308. The minimum atomic E-state index is -1.23. The van der Waals surface area contributed by atoms with Crippen LogP contribution in [0.25, 0.3) is 0 Å². The van der Waals surface area contributed by atoms with Crippen LogP contribution in [-0.2, 0) is 42.8 Å². The van der Waals surface area contributed by atoms with E-state index in [0.29, 0.717) is 29.6 Å². The van der Waals surface area contributed by atoms with Gasteiger partial charge >= 0.3 is 30.1 Å². The second-order valence-corrected chi connectivity index (χ2v) is 7.49. The Morgan fingerprint density at radius 2 is 1.26 bits per heavy atom. The number of hydrogen-bond donors (Lipinski definition) is 1. The number of alkyl carbamates (subject to hydrolysis) is 1. The number of nitrogens with zero attached hydrogens (tertiary/aromatic N) is 2. The summed E-state index contributed by atoms with van der Waals surface area (Å²) in [6, 6.07) is -2.40. The quantitative estimate of drug-likeness (QED) is 0.141. The maximum atomic E-state index is 12.8. The molecule has 3 aliphatic rings. The van der Waals surface area contributed by atoms with E-state index in [2.05, 4.69) is 0 Å². The maximum absolute atomic E-state index is 12.8.